The van der Waals surface area contributed by atoms with Crippen molar-refractivity contribution in [3.8, 4) is 5.75 Å². The van der Waals surface area contributed by atoms with Crippen LogP contribution >= 0.6 is 15.9 Å². The highest BCUT2D eigenvalue weighted by molar-refractivity contribution is 9.08. The lowest BCUT2D eigenvalue weighted by Crippen LogP contribution is -2.22. The highest BCUT2D eigenvalue weighted by atomic mass is 79.9. The fraction of sp³-hybridized carbons (Fsp3) is 0.133. The number of phenols is 1. The van der Waals surface area contributed by atoms with Crippen LogP contribution in [-0.4, -0.2) is 11.0 Å². The number of hydrogen-bond acceptors (Lipinski definition) is 2. The summed E-state index contributed by atoms with van der Waals surface area (Å²) in [6.45, 7) is 0.444. The van der Waals surface area contributed by atoms with E-state index in [1.165, 1.54) is 0 Å². The highest BCUT2D eigenvalue weighted by Gasteiger charge is 2.04. The first-order valence-electron chi connectivity index (χ1n) is 5.90. The van der Waals surface area contributed by atoms with Gasteiger partial charge in [-0.3, -0.25) is 4.79 Å². The molecule has 2 N–H and O–H groups in total. The van der Waals surface area contributed by atoms with Crippen molar-refractivity contribution in [2.45, 2.75) is 11.9 Å². The summed E-state index contributed by atoms with van der Waals surface area (Å²) in [7, 11) is 0. The number of carbonyl (C=O) groups excluding carboxylic acids is 1. The van der Waals surface area contributed by atoms with E-state index >= 15 is 0 Å². The zero-order valence-corrected chi connectivity index (χ0v) is 11.9. The Morgan fingerprint density at radius 3 is 2.16 bits per heavy atom. The van der Waals surface area contributed by atoms with Crippen LogP contribution in [-0.2, 0) is 11.9 Å². The van der Waals surface area contributed by atoms with E-state index < -0.39 is 0 Å². The molecule has 0 aliphatic rings. The Bertz CT molecular complexity index is 549. The van der Waals surface area contributed by atoms with Crippen LogP contribution in [0.5, 0.6) is 5.75 Å². The number of alkyl halides is 1. The Kier molecular flexibility index (Phi) is 4.58. The van der Waals surface area contributed by atoms with Crippen molar-refractivity contribution >= 4 is 21.8 Å². The number of amides is 1. The quantitative estimate of drug-likeness (QED) is 0.850. The molecule has 0 aliphatic heterocycles. The van der Waals surface area contributed by atoms with Gasteiger partial charge in [-0.15, -0.1) is 0 Å². The van der Waals surface area contributed by atoms with E-state index in [0.29, 0.717) is 12.1 Å². The van der Waals surface area contributed by atoms with Crippen LogP contribution in [0.2, 0.25) is 0 Å². The van der Waals surface area contributed by atoms with Crippen LogP contribution in [0.1, 0.15) is 21.5 Å². The minimum atomic E-state index is -0.103. The zero-order chi connectivity index (χ0) is 13.7. The van der Waals surface area contributed by atoms with E-state index in [2.05, 4.69) is 21.2 Å². The highest BCUT2D eigenvalue weighted by Crippen LogP contribution is 2.10. The number of carbonyl (C=O) groups is 1. The molecule has 0 heterocycles. The lowest BCUT2D eigenvalue weighted by molar-refractivity contribution is 0.0951. The van der Waals surface area contributed by atoms with Gasteiger partial charge in [-0.05, 0) is 35.4 Å². The molecule has 0 spiro atoms. The predicted molar refractivity (Wildman–Crippen MR) is 78.4 cm³/mol. The summed E-state index contributed by atoms with van der Waals surface area (Å²) in [5.74, 6) is 0.120. The zero-order valence-electron chi connectivity index (χ0n) is 10.3. The van der Waals surface area contributed by atoms with Crippen molar-refractivity contribution in [2.24, 2.45) is 0 Å². The van der Waals surface area contributed by atoms with Gasteiger partial charge in [0, 0.05) is 17.4 Å². The Labute approximate surface area is 120 Å². The first-order chi connectivity index (χ1) is 9.19. The van der Waals surface area contributed by atoms with Gasteiger partial charge in [-0.1, -0.05) is 40.2 Å². The Morgan fingerprint density at radius 1 is 1.00 bits per heavy atom. The first kappa shape index (κ1) is 13.6. The van der Waals surface area contributed by atoms with Crippen molar-refractivity contribution in [3.63, 3.8) is 0 Å². The summed E-state index contributed by atoms with van der Waals surface area (Å²) in [5.41, 5.74) is 2.72. The van der Waals surface area contributed by atoms with Crippen molar-refractivity contribution in [2.75, 3.05) is 0 Å². The van der Waals surface area contributed by atoms with E-state index in [0.717, 1.165) is 16.5 Å². The van der Waals surface area contributed by atoms with E-state index in [4.69, 9.17) is 0 Å². The van der Waals surface area contributed by atoms with Crippen molar-refractivity contribution < 1.29 is 9.90 Å². The van der Waals surface area contributed by atoms with Crippen LogP contribution < -0.4 is 5.32 Å². The van der Waals surface area contributed by atoms with Crippen LogP contribution in [0.3, 0.4) is 0 Å². The molecule has 0 aliphatic carbocycles. The topological polar surface area (TPSA) is 49.3 Å². The van der Waals surface area contributed by atoms with E-state index in [1.54, 1.807) is 24.3 Å². The van der Waals surface area contributed by atoms with E-state index in [-0.39, 0.29) is 11.7 Å². The standard InChI is InChI=1S/C15H14BrNO2/c16-9-11-1-5-13(6-2-11)15(19)17-10-12-3-7-14(18)8-4-12/h1-8,18H,9-10H2,(H,17,19). The van der Waals surface area contributed by atoms with Crippen molar-refractivity contribution in [3.05, 3.63) is 65.2 Å². The summed E-state index contributed by atoms with van der Waals surface area (Å²) < 4.78 is 0. The molecule has 98 valence electrons. The van der Waals surface area contributed by atoms with Gasteiger partial charge < -0.3 is 10.4 Å². The Hall–Kier alpha value is -1.81. The molecule has 0 aromatic heterocycles. The van der Waals surface area contributed by atoms with Gasteiger partial charge in [-0.2, -0.15) is 0 Å². The minimum absolute atomic E-state index is 0.103. The maximum atomic E-state index is 11.9. The van der Waals surface area contributed by atoms with Gasteiger partial charge in [0.1, 0.15) is 5.75 Å². The SMILES string of the molecule is O=C(NCc1ccc(O)cc1)c1ccc(CBr)cc1. The molecule has 0 saturated heterocycles. The van der Waals surface area contributed by atoms with E-state index in [9.17, 15) is 9.90 Å². The number of hydrogen-bond donors (Lipinski definition) is 2. The second kappa shape index (κ2) is 6.38. The minimum Gasteiger partial charge on any atom is -0.508 e. The average molecular weight is 320 g/mol. The molecule has 0 atom stereocenters. The molecule has 0 radical (unpaired) electrons. The fourth-order valence-corrected chi connectivity index (χ4v) is 2.02. The summed E-state index contributed by atoms with van der Waals surface area (Å²) in [6, 6.07) is 14.2. The molecular formula is C15H14BrNO2. The number of benzene rings is 2. The third kappa shape index (κ3) is 3.83. The van der Waals surface area contributed by atoms with Crippen LogP contribution in [0, 0.1) is 0 Å². The number of halogens is 1. The van der Waals surface area contributed by atoms with Gasteiger partial charge in [-0.25, -0.2) is 0 Å². The summed E-state index contributed by atoms with van der Waals surface area (Å²) >= 11 is 3.37. The number of rotatable bonds is 4. The monoisotopic (exact) mass is 319 g/mol. The number of aromatic hydroxyl groups is 1. The van der Waals surface area contributed by atoms with Crippen LogP contribution in [0.4, 0.5) is 0 Å². The van der Waals surface area contributed by atoms with Gasteiger partial charge in [0.25, 0.3) is 5.91 Å². The molecule has 0 fully saturated rings. The Balaban J connectivity index is 1.95. The maximum absolute atomic E-state index is 11.9. The molecule has 2 rings (SSSR count). The van der Waals surface area contributed by atoms with Gasteiger partial charge in [0.05, 0.1) is 0 Å². The van der Waals surface area contributed by atoms with E-state index in [1.807, 2.05) is 24.3 Å². The predicted octanol–water partition coefficient (Wildman–Crippen LogP) is 3.22. The molecule has 19 heavy (non-hydrogen) atoms. The fourth-order valence-electron chi connectivity index (χ4n) is 1.64. The molecular weight excluding hydrogens is 306 g/mol. The molecule has 1 amide bonds. The summed E-state index contributed by atoms with van der Waals surface area (Å²) in [6.07, 6.45) is 0. The molecule has 2 aromatic rings. The normalized spacial score (nSPS) is 10.2. The van der Waals surface area contributed by atoms with Crippen molar-refractivity contribution in [1.29, 1.82) is 0 Å². The smallest absolute Gasteiger partial charge is 0.251 e. The molecule has 3 nitrogen and oxygen atoms in total. The average Bonchev–Trinajstić information content (AvgIpc) is 2.46. The number of nitrogens with one attached hydrogen (secondary N) is 1. The lowest BCUT2D eigenvalue weighted by Gasteiger charge is -2.06. The molecule has 2 aromatic carbocycles. The molecule has 0 unspecified atom stereocenters. The molecule has 0 saturated carbocycles. The third-order valence-electron chi connectivity index (χ3n) is 2.76. The lowest BCUT2D eigenvalue weighted by atomic mass is 10.1. The van der Waals surface area contributed by atoms with Crippen LogP contribution in [0.15, 0.2) is 48.5 Å². The second-order valence-electron chi connectivity index (χ2n) is 4.18. The van der Waals surface area contributed by atoms with Gasteiger partial charge in [0.15, 0.2) is 0 Å². The van der Waals surface area contributed by atoms with Crippen LogP contribution in [0.25, 0.3) is 0 Å². The first-order valence-corrected chi connectivity index (χ1v) is 7.02. The maximum Gasteiger partial charge on any atom is 0.251 e. The second-order valence-corrected chi connectivity index (χ2v) is 4.74. The van der Waals surface area contributed by atoms with Gasteiger partial charge in [0.2, 0.25) is 0 Å². The summed E-state index contributed by atoms with van der Waals surface area (Å²) in [4.78, 5) is 11.9. The Morgan fingerprint density at radius 2 is 1.58 bits per heavy atom. The third-order valence-corrected chi connectivity index (χ3v) is 3.41. The number of phenolic OH excluding ortho intramolecular Hbond substituents is 1. The van der Waals surface area contributed by atoms with Gasteiger partial charge >= 0.3 is 0 Å². The summed E-state index contributed by atoms with van der Waals surface area (Å²) in [5, 5.41) is 12.8. The largest absolute Gasteiger partial charge is 0.508 e. The van der Waals surface area contributed by atoms with Crippen molar-refractivity contribution in [1.82, 2.24) is 5.32 Å². The molecule has 0 bridgehead atoms. The molecule has 4 heteroatoms.